The molecule has 23 heavy (non-hydrogen) atoms. The van der Waals surface area contributed by atoms with Crippen LogP contribution in [-0.2, 0) is 6.54 Å². The van der Waals surface area contributed by atoms with E-state index < -0.39 is 0 Å². The molecule has 1 fully saturated rings. The summed E-state index contributed by atoms with van der Waals surface area (Å²) in [5, 5.41) is 4.64. The van der Waals surface area contributed by atoms with Crippen molar-refractivity contribution in [1.82, 2.24) is 15.0 Å². The van der Waals surface area contributed by atoms with E-state index >= 15 is 0 Å². The molecule has 0 saturated carbocycles. The van der Waals surface area contributed by atoms with Gasteiger partial charge in [-0.3, -0.25) is 9.80 Å². The summed E-state index contributed by atoms with van der Waals surface area (Å²) in [4.78, 5) is 4.82. The van der Waals surface area contributed by atoms with Crippen LogP contribution < -0.4 is 4.74 Å². The molecule has 6 heteroatoms. The Morgan fingerprint density at radius 2 is 1.96 bits per heavy atom. The van der Waals surface area contributed by atoms with Crippen molar-refractivity contribution in [2.24, 2.45) is 0 Å². The lowest BCUT2D eigenvalue weighted by Crippen LogP contribution is -2.46. The second-order valence-electron chi connectivity index (χ2n) is 5.86. The molecule has 0 amide bonds. The molecular weight excluding hydrogens is 314 g/mol. The van der Waals surface area contributed by atoms with Crippen molar-refractivity contribution in [2.75, 3.05) is 39.3 Å². The number of ether oxygens (including phenoxy) is 1. The molecule has 2 aromatic rings. The Hall–Kier alpha value is -1.56. The number of benzene rings is 1. The van der Waals surface area contributed by atoms with Crippen LogP contribution in [0.1, 0.15) is 11.5 Å². The van der Waals surface area contributed by atoms with Gasteiger partial charge in [0.1, 0.15) is 12.4 Å². The highest BCUT2D eigenvalue weighted by Gasteiger charge is 2.18. The Kier molecular flexibility index (Phi) is 5.54. The zero-order valence-electron chi connectivity index (χ0n) is 13.4. The molecule has 1 saturated heterocycles. The van der Waals surface area contributed by atoms with Crippen LogP contribution in [0.3, 0.4) is 0 Å². The van der Waals surface area contributed by atoms with E-state index in [9.17, 15) is 0 Å². The van der Waals surface area contributed by atoms with Crippen LogP contribution >= 0.6 is 11.6 Å². The Morgan fingerprint density at radius 1 is 1.17 bits per heavy atom. The molecule has 0 atom stereocenters. The number of hydrogen-bond donors (Lipinski definition) is 0. The molecule has 5 nitrogen and oxygen atoms in total. The smallest absolute Gasteiger partial charge is 0.150 e. The maximum atomic E-state index is 5.95. The molecule has 0 aliphatic carbocycles. The number of rotatable bonds is 6. The molecule has 1 aromatic carbocycles. The van der Waals surface area contributed by atoms with Crippen molar-refractivity contribution < 1.29 is 9.26 Å². The maximum Gasteiger partial charge on any atom is 0.150 e. The van der Waals surface area contributed by atoms with E-state index in [2.05, 4.69) is 15.0 Å². The number of aryl methyl sites for hydroxylation is 1. The molecule has 2 heterocycles. The van der Waals surface area contributed by atoms with E-state index in [1.54, 1.807) is 0 Å². The van der Waals surface area contributed by atoms with Crippen molar-refractivity contribution in [3.8, 4) is 5.75 Å². The normalized spacial score (nSPS) is 16.6. The minimum atomic E-state index is 0.682. The van der Waals surface area contributed by atoms with E-state index in [0.717, 1.165) is 56.5 Å². The van der Waals surface area contributed by atoms with Crippen molar-refractivity contribution >= 4 is 11.6 Å². The highest BCUT2D eigenvalue weighted by Crippen LogP contribution is 2.17. The zero-order chi connectivity index (χ0) is 16.1. The summed E-state index contributed by atoms with van der Waals surface area (Å²) < 4.78 is 11.0. The fraction of sp³-hybridized carbons (Fsp3) is 0.471. The summed E-state index contributed by atoms with van der Waals surface area (Å²) in [6.07, 6.45) is 0. The van der Waals surface area contributed by atoms with Gasteiger partial charge in [-0.2, -0.15) is 0 Å². The predicted molar refractivity (Wildman–Crippen MR) is 89.9 cm³/mol. The van der Waals surface area contributed by atoms with Gasteiger partial charge < -0.3 is 9.26 Å². The Morgan fingerprint density at radius 3 is 2.65 bits per heavy atom. The van der Waals surface area contributed by atoms with Gasteiger partial charge in [-0.1, -0.05) is 22.8 Å². The van der Waals surface area contributed by atoms with Gasteiger partial charge in [0.05, 0.1) is 12.2 Å². The molecule has 0 bridgehead atoms. The first-order valence-corrected chi connectivity index (χ1v) is 8.32. The lowest BCUT2D eigenvalue weighted by atomic mass is 10.3. The fourth-order valence-corrected chi connectivity index (χ4v) is 2.91. The first kappa shape index (κ1) is 16.3. The van der Waals surface area contributed by atoms with E-state index in [0.29, 0.717) is 11.6 Å². The van der Waals surface area contributed by atoms with Gasteiger partial charge in [0.15, 0.2) is 5.76 Å². The molecule has 0 radical (unpaired) electrons. The van der Waals surface area contributed by atoms with E-state index in [-0.39, 0.29) is 0 Å². The SMILES string of the molecule is Cc1cc(CN2CCN(CCOc3cccc(Cl)c3)CC2)on1. The monoisotopic (exact) mass is 335 g/mol. The third-order valence-corrected chi connectivity index (χ3v) is 4.23. The minimum absolute atomic E-state index is 0.682. The van der Waals surface area contributed by atoms with Gasteiger partial charge in [-0.05, 0) is 25.1 Å². The molecule has 0 unspecified atom stereocenters. The van der Waals surface area contributed by atoms with Gasteiger partial charge in [0, 0.05) is 43.8 Å². The standard InChI is InChI=1S/C17H22ClN3O2/c1-14-11-17(23-19-14)13-21-7-5-20(6-8-21)9-10-22-16-4-2-3-15(18)12-16/h2-4,11-12H,5-10,13H2,1H3. The highest BCUT2D eigenvalue weighted by atomic mass is 35.5. The van der Waals surface area contributed by atoms with Crippen LogP contribution in [0, 0.1) is 6.92 Å². The molecular formula is C17H22ClN3O2. The van der Waals surface area contributed by atoms with E-state index in [1.165, 1.54) is 0 Å². The molecule has 0 N–H and O–H groups in total. The van der Waals surface area contributed by atoms with Crippen molar-refractivity contribution in [1.29, 1.82) is 0 Å². The summed E-state index contributed by atoms with van der Waals surface area (Å²) >= 11 is 5.95. The lowest BCUT2D eigenvalue weighted by Gasteiger charge is -2.33. The molecule has 0 spiro atoms. The number of nitrogens with zero attached hydrogens (tertiary/aromatic N) is 3. The summed E-state index contributed by atoms with van der Waals surface area (Å²) in [6, 6.07) is 9.54. The van der Waals surface area contributed by atoms with Gasteiger partial charge in [0.2, 0.25) is 0 Å². The molecule has 1 aliphatic heterocycles. The maximum absolute atomic E-state index is 5.95. The third kappa shape index (κ3) is 4.96. The average Bonchev–Trinajstić information content (AvgIpc) is 2.94. The first-order chi connectivity index (χ1) is 11.2. The van der Waals surface area contributed by atoms with Crippen molar-refractivity contribution in [3.63, 3.8) is 0 Å². The van der Waals surface area contributed by atoms with Gasteiger partial charge in [-0.15, -0.1) is 0 Å². The van der Waals surface area contributed by atoms with Crippen LogP contribution in [0.2, 0.25) is 5.02 Å². The topological polar surface area (TPSA) is 41.7 Å². The molecule has 3 rings (SSSR count). The second-order valence-corrected chi connectivity index (χ2v) is 6.29. The molecule has 1 aromatic heterocycles. The molecule has 1 aliphatic rings. The van der Waals surface area contributed by atoms with Crippen LogP contribution in [0.5, 0.6) is 5.75 Å². The van der Waals surface area contributed by atoms with Crippen LogP contribution in [-0.4, -0.2) is 54.3 Å². The van der Waals surface area contributed by atoms with Crippen LogP contribution in [0.4, 0.5) is 0 Å². The highest BCUT2D eigenvalue weighted by molar-refractivity contribution is 6.30. The number of halogens is 1. The van der Waals surface area contributed by atoms with Crippen molar-refractivity contribution in [2.45, 2.75) is 13.5 Å². The molecule has 124 valence electrons. The summed E-state index contributed by atoms with van der Waals surface area (Å²) in [5.41, 5.74) is 0.941. The quantitative estimate of drug-likeness (QED) is 0.812. The predicted octanol–water partition coefficient (Wildman–Crippen LogP) is 2.83. The second kappa shape index (κ2) is 7.81. The third-order valence-electron chi connectivity index (χ3n) is 3.99. The number of piperazine rings is 1. The number of hydrogen-bond acceptors (Lipinski definition) is 5. The van der Waals surface area contributed by atoms with Crippen molar-refractivity contribution in [3.05, 3.63) is 46.8 Å². The Labute approximate surface area is 141 Å². The average molecular weight is 336 g/mol. The zero-order valence-corrected chi connectivity index (χ0v) is 14.1. The summed E-state index contributed by atoms with van der Waals surface area (Å²) in [6.45, 7) is 8.58. The van der Waals surface area contributed by atoms with Crippen LogP contribution in [0.25, 0.3) is 0 Å². The Balaban J connectivity index is 1.36. The summed E-state index contributed by atoms with van der Waals surface area (Å²) in [5.74, 6) is 1.78. The number of aromatic nitrogens is 1. The van der Waals surface area contributed by atoms with E-state index in [1.807, 2.05) is 37.3 Å². The Bertz CT molecular complexity index is 624. The van der Waals surface area contributed by atoms with Gasteiger partial charge in [-0.25, -0.2) is 0 Å². The summed E-state index contributed by atoms with van der Waals surface area (Å²) in [7, 11) is 0. The lowest BCUT2D eigenvalue weighted by molar-refractivity contribution is 0.106. The largest absolute Gasteiger partial charge is 0.492 e. The van der Waals surface area contributed by atoms with E-state index in [4.69, 9.17) is 20.9 Å². The fourth-order valence-electron chi connectivity index (χ4n) is 2.73. The van der Waals surface area contributed by atoms with Gasteiger partial charge >= 0.3 is 0 Å². The van der Waals surface area contributed by atoms with Gasteiger partial charge in [0.25, 0.3) is 0 Å². The first-order valence-electron chi connectivity index (χ1n) is 7.94. The van der Waals surface area contributed by atoms with Crippen LogP contribution in [0.15, 0.2) is 34.9 Å². The minimum Gasteiger partial charge on any atom is -0.492 e.